The Balaban J connectivity index is 1.95. The standard InChI is InChI=1S/C20H22F2N2O3/c1-13(2)27-17-7-4-15(5-8-17)23-20(26)10-11-24(14(3)25)16-6-9-18(21)19(22)12-16/h4-9,12-13H,10-11H2,1-3H3,(H,23,26). The quantitative estimate of drug-likeness (QED) is 0.790. The lowest BCUT2D eigenvalue weighted by atomic mass is 10.2. The van der Waals surface area contributed by atoms with Gasteiger partial charge in [0.1, 0.15) is 5.75 Å². The van der Waals surface area contributed by atoms with Crippen molar-refractivity contribution >= 4 is 23.2 Å². The fourth-order valence-corrected chi connectivity index (χ4v) is 2.45. The first-order chi connectivity index (χ1) is 12.8. The van der Waals surface area contributed by atoms with Gasteiger partial charge in [-0.05, 0) is 50.2 Å². The minimum atomic E-state index is -1.05. The zero-order valence-electron chi connectivity index (χ0n) is 15.5. The van der Waals surface area contributed by atoms with Crippen LogP contribution in [0.5, 0.6) is 5.75 Å². The van der Waals surface area contributed by atoms with Crippen molar-refractivity contribution in [2.24, 2.45) is 0 Å². The van der Waals surface area contributed by atoms with Gasteiger partial charge in [0.25, 0.3) is 0 Å². The molecule has 0 bridgehead atoms. The molecule has 2 rings (SSSR count). The molecule has 144 valence electrons. The molecule has 2 amide bonds. The SMILES string of the molecule is CC(=O)N(CCC(=O)Nc1ccc(OC(C)C)cc1)c1ccc(F)c(F)c1. The zero-order valence-corrected chi connectivity index (χ0v) is 15.5. The van der Waals surface area contributed by atoms with Crippen LogP contribution < -0.4 is 15.0 Å². The Morgan fingerprint density at radius 2 is 1.74 bits per heavy atom. The summed E-state index contributed by atoms with van der Waals surface area (Å²) in [6.45, 7) is 5.18. The number of carbonyl (C=O) groups excluding carboxylic acids is 2. The molecule has 2 aromatic carbocycles. The van der Waals surface area contributed by atoms with Gasteiger partial charge in [-0.1, -0.05) is 0 Å². The Hall–Kier alpha value is -2.96. The maximum atomic E-state index is 13.4. The maximum absolute atomic E-state index is 13.4. The highest BCUT2D eigenvalue weighted by molar-refractivity contribution is 5.94. The Morgan fingerprint density at radius 3 is 2.30 bits per heavy atom. The van der Waals surface area contributed by atoms with Gasteiger partial charge in [-0.25, -0.2) is 8.78 Å². The fourth-order valence-electron chi connectivity index (χ4n) is 2.45. The van der Waals surface area contributed by atoms with Crippen molar-refractivity contribution < 1.29 is 23.1 Å². The highest BCUT2D eigenvalue weighted by Gasteiger charge is 2.15. The van der Waals surface area contributed by atoms with Gasteiger partial charge < -0.3 is 15.0 Å². The minimum Gasteiger partial charge on any atom is -0.491 e. The summed E-state index contributed by atoms with van der Waals surface area (Å²) in [5.74, 6) is -2.02. The number of nitrogens with one attached hydrogen (secondary N) is 1. The van der Waals surface area contributed by atoms with Gasteiger partial charge in [-0.2, -0.15) is 0 Å². The summed E-state index contributed by atoms with van der Waals surface area (Å²) in [6, 6.07) is 10.1. The lowest BCUT2D eigenvalue weighted by Gasteiger charge is -2.21. The van der Waals surface area contributed by atoms with Crippen LogP contribution in [0.3, 0.4) is 0 Å². The molecule has 27 heavy (non-hydrogen) atoms. The second kappa shape index (κ2) is 9.12. The Labute approximate surface area is 156 Å². The van der Waals surface area contributed by atoms with Crippen molar-refractivity contribution in [1.82, 2.24) is 0 Å². The van der Waals surface area contributed by atoms with Crippen molar-refractivity contribution in [3.63, 3.8) is 0 Å². The lowest BCUT2D eigenvalue weighted by molar-refractivity contribution is -0.117. The number of hydrogen-bond donors (Lipinski definition) is 1. The lowest BCUT2D eigenvalue weighted by Crippen LogP contribution is -2.32. The van der Waals surface area contributed by atoms with E-state index in [9.17, 15) is 18.4 Å². The van der Waals surface area contributed by atoms with Gasteiger partial charge in [-0.3, -0.25) is 9.59 Å². The summed E-state index contributed by atoms with van der Waals surface area (Å²) < 4.78 is 32.0. The molecule has 7 heteroatoms. The molecule has 5 nitrogen and oxygen atoms in total. The average molecular weight is 376 g/mol. The predicted molar refractivity (Wildman–Crippen MR) is 99.8 cm³/mol. The van der Waals surface area contributed by atoms with Gasteiger partial charge in [-0.15, -0.1) is 0 Å². The molecule has 0 unspecified atom stereocenters. The average Bonchev–Trinajstić information content (AvgIpc) is 2.59. The van der Waals surface area contributed by atoms with Crippen molar-refractivity contribution in [2.75, 3.05) is 16.8 Å². The monoisotopic (exact) mass is 376 g/mol. The molecule has 2 aromatic rings. The number of benzene rings is 2. The topological polar surface area (TPSA) is 58.6 Å². The van der Waals surface area contributed by atoms with Crippen LogP contribution in [0.2, 0.25) is 0 Å². The van der Waals surface area contributed by atoms with E-state index in [1.165, 1.54) is 17.9 Å². The molecule has 0 heterocycles. The van der Waals surface area contributed by atoms with Crippen molar-refractivity contribution in [2.45, 2.75) is 33.3 Å². The van der Waals surface area contributed by atoms with Crippen LogP contribution in [0.4, 0.5) is 20.2 Å². The molecule has 0 aliphatic rings. The van der Waals surface area contributed by atoms with Crippen molar-refractivity contribution in [1.29, 1.82) is 0 Å². The van der Waals surface area contributed by atoms with E-state index in [1.807, 2.05) is 13.8 Å². The first-order valence-electron chi connectivity index (χ1n) is 8.56. The predicted octanol–water partition coefficient (Wildman–Crippen LogP) is 4.13. The van der Waals surface area contributed by atoms with E-state index in [2.05, 4.69) is 5.32 Å². The van der Waals surface area contributed by atoms with Crippen LogP contribution in [-0.2, 0) is 9.59 Å². The van der Waals surface area contributed by atoms with E-state index in [0.717, 1.165) is 12.1 Å². The molecular formula is C20H22F2N2O3. The van der Waals surface area contributed by atoms with Gasteiger partial charge in [0.15, 0.2) is 11.6 Å². The van der Waals surface area contributed by atoms with Gasteiger partial charge in [0.05, 0.1) is 6.10 Å². The van der Waals surface area contributed by atoms with Crippen LogP contribution in [0.25, 0.3) is 0 Å². The number of rotatable bonds is 7. The number of hydrogen-bond acceptors (Lipinski definition) is 3. The van der Waals surface area contributed by atoms with E-state index in [4.69, 9.17) is 4.74 Å². The van der Waals surface area contributed by atoms with Crippen LogP contribution in [0, 0.1) is 11.6 Å². The highest BCUT2D eigenvalue weighted by atomic mass is 19.2. The van der Waals surface area contributed by atoms with Crippen LogP contribution in [0.15, 0.2) is 42.5 Å². The minimum absolute atomic E-state index is 0.00280. The number of anilines is 2. The summed E-state index contributed by atoms with van der Waals surface area (Å²) in [4.78, 5) is 25.2. The van der Waals surface area contributed by atoms with Crippen LogP contribution >= 0.6 is 0 Å². The van der Waals surface area contributed by atoms with Crippen LogP contribution in [0.1, 0.15) is 27.2 Å². The molecule has 0 aliphatic heterocycles. The third-order valence-electron chi connectivity index (χ3n) is 3.67. The normalized spacial score (nSPS) is 10.6. The summed E-state index contributed by atoms with van der Waals surface area (Å²) in [7, 11) is 0. The molecule has 0 radical (unpaired) electrons. The van der Waals surface area contributed by atoms with E-state index >= 15 is 0 Å². The summed E-state index contributed by atoms with van der Waals surface area (Å²) >= 11 is 0. The molecule has 0 spiro atoms. The Kier molecular flexibility index (Phi) is 6.87. The first-order valence-corrected chi connectivity index (χ1v) is 8.56. The first kappa shape index (κ1) is 20.4. The summed E-state index contributed by atoms with van der Waals surface area (Å²) in [5, 5.41) is 2.72. The largest absolute Gasteiger partial charge is 0.491 e. The van der Waals surface area contributed by atoms with Gasteiger partial charge >= 0.3 is 0 Å². The van der Waals surface area contributed by atoms with E-state index < -0.39 is 11.6 Å². The summed E-state index contributed by atoms with van der Waals surface area (Å²) in [5.41, 5.74) is 0.794. The Morgan fingerprint density at radius 1 is 1.07 bits per heavy atom. The van der Waals surface area contributed by atoms with Crippen molar-refractivity contribution in [3.05, 3.63) is 54.1 Å². The number of amides is 2. The van der Waals surface area contributed by atoms with E-state index in [1.54, 1.807) is 24.3 Å². The molecule has 0 aliphatic carbocycles. The second-order valence-electron chi connectivity index (χ2n) is 6.26. The molecule has 0 atom stereocenters. The number of carbonyl (C=O) groups is 2. The molecule has 0 fully saturated rings. The van der Waals surface area contributed by atoms with E-state index in [-0.39, 0.29) is 36.6 Å². The molecule has 0 aromatic heterocycles. The van der Waals surface area contributed by atoms with Crippen LogP contribution in [-0.4, -0.2) is 24.5 Å². The number of nitrogens with zero attached hydrogens (tertiary/aromatic N) is 1. The fraction of sp³-hybridized carbons (Fsp3) is 0.300. The summed E-state index contributed by atoms with van der Waals surface area (Å²) in [6.07, 6.45) is 0.0577. The molecule has 0 saturated heterocycles. The highest BCUT2D eigenvalue weighted by Crippen LogP contribution is 2.20. The molecular weight excluding hydrogens is 354 g/mol. The number of ether oxygens (including phenoxy) is 1. The molecule has 1 N–H and O–H groups in total. The third-order valence-corrected chi connectivity index (χ3v) is 3.67. The zero-order chi connectivity index (χ0) is 20.0. The van der Waals surface area contributed by atoms with Gasteiger partial charge in [0, 0.05) is 37.3 Å². The second-order valence-corrected chi connectivity index (χ2v) is 6.26. The smallest absolute Gasteiger partial charge is 0.226 e. The third kappa shape index (κ3) is 6.06. The maximum Gasteiger partial charge on any atom is 0.226 e. The van der Waals surface area contributed by atoms with Gasteiger partial charge in [0.2, 0.25) is 11.8 Å². The number of halogens is 2. The Bertz CT molecular complexity index is 807. The van der Waals surface area contributed by atoms with Crippen molar-refractivity contribution in [3.8, 4) is 5.75 Å². The van der Waals surface area contributed by atoms with E-state index in [0.29, 0.717) is 11.4 Å². The molecule has 0 saturated carbocycles.